The Kier molecular flexibility index (Phi) is 3.94. The Morgan fingerprint density at radius 1 is 1.50 bits per heavy atom. The maximum Gasteiger partial charge on any atom is 0.0315 e. The average molecular weight is 218 g/mol. The van der Waals surface area contributed by atoms with Crippen molar-refractivity contribution in [3.8, 4) is 0 Å². The van der Waals surface area contributed by atoms with E-state index in [1.807, 2.05) is 18.5 Å². The van der Waals surface area contributed by atoms with E-state index in [0.717, 1.165) is 5.92 Å². The van der Waals surface area contributed by atoms with Crippen LogP contribution in [0.2, 0.25) is 0 Å². The number of nitrogens with one attached hydrogen (secondary N) is 1. The summed E-state index contributed by atoms with van der Waals surface area (Å²) < 4.78 is 0. The maximum atomic E-state index is 4.17. The fraction of sp³-hybridized carbons (Fsp3) is 0.643. The van der Waals surface area contributed by atoms with Crippen molar-refractivity contribution in [3.63, 3.8) is 0 Å². The van der Waals surface area contributed by atoms with E-state index in [0.29, 0.717) is 12.1 Å². The summed E-state index contributed by atoms with van der Waals surface area (Å²) in [6, 6.07) is 5.29. The Labute approximate surface area is 98.5 Å². The van der Waals surface area contributed by atoms with Crippen molar-refractivity contribution in [3.05, 3.63) is 30.1 Å². The molecule has 1 aromatic rings. The minimum absolute atomic E-state index is 0.425. The lowest BCUT2D eigenvalue weighted by molar-refractivity contribution is 0.437. The number of pyridine rings is 1. The highest BCUT2D eigenvalue weighted by molar-refractivity contribution is 5.13. The standard InChI is InChI=1S/C14H22N2/c1-3-12-6-7-14(9-12)16-11(2)13-5-4-8-15-10-13/h4-5,8,10-12,14,16H,3,6-7,9H2,1-2H3/t11-,12?,14?/m0/s1. The number of hydrogen-bond donors (Lipinski definition) is 1. The molecule has 1 fully saturated rings. The molecule has 1 aromatic heterocycles. The lowest BCUT2D eigenvalue weighted by atomic mass is 10.0. The van der Waals surface area contributed by atoms with Gasteiger partial charge in [0.1, 0.15) is 0 Å². The number of aromatic nitrogens is 1. The van der Waals surface area contributed by atoms with E-state index >= 15 is 0 Å². The summed E-state index contributed by atoms with van der Waals surface area (Å²) >= 11 is 0. The molecule has 0 aliphatic heterocycles. The van der Waals surface area contributed by atoms with Crippen LogP contribution in [0.4, 0.5) is 0 Å². The summed E-state index contributed by atoms with van der Waals surface area (Å²) in [4.78, 5) is 4.17. The van der Waals surface area contributed by atoms with Gasteiger partial charge in [0, 0.05) is 24.5 Å². The molecule has 0 saturated heterocycles. The molecule has 0 bridgehead atoms. The number of hydrogen-bond acceptors (Lipinski definition) is 2. The molecule has 16 heavy (non-hydrogen) atoms. The van der Waals surface area contributed by atoms with Gasteiger partial charge in [-0.25, -0.2) is 0 Å². The second-order valence-electron chi connectivity index (χ2n) is 4.96. The van der Waals surface area contributed by atoms with Gasteiger partial charge in [0.15, 0.2) is 0 Å². The Morgan fingerprint density at radius 2 is 2.38 bits per heavy atom. The van der Waals surface area contributed by atoms with Crippen molar-refractivity contribution in [1.82, 2.24) is 10.3 Å². The SMILES string of the molecule is CCC1CCC(N[C@@H](C)c2cccnc2)C1. The second-order valence-corrected chi connectivity index (χ2v) is 4.96. The van der Waals surface area contributed by atoms with Gasteiger partial charge >= 0.3 is 0 Å². The molecule has 1 aliphatic rings. The molecule has 0 radical (unpaired) electrons. The lowest BCUT2D eigenvalue weighted by Gasteiger charge is -2.19. The third-order valence-corrected chi connectivity index (χ3v) is 3.79. The Balaban J connectivity index is 1.86. The summed E-state index contributed by atoms with van der Waals surface area (Å²) in [5.74, 6) is 0.943. The van der Waals surface area contributed by atoms with Crippen LogP contribution in [0, 0.1) is 5.92 Å². The van der Waals surface area contributed by atoms with E-state index in [4.69, 9.17) is 0 Å². The van der Waals surface area contributed by atoms with Gasteiger partial charge in [-0.2, -0.15) is 0 Å². The van der Waals surface area contributed by atoms with E-state index in [1.165, 1.54) is 31.2 Å². The summed E-state index contributed by atoms with van der Waals surface area (Å²) in [6.45, 7) is 4.54. The lowest BCUT2D eigenvalue weighted by Crippen LogP contribution is -2.29. The molecule has 3 atom stereocenters. The zero-order valence-electron chi connectivity index (χ0n) is 10.3. The Hall–Kier alpha value is -0.890. The molecular weight excluding hydrogens is 196 g/mol. The first-order valence-corrected chi connectivity index (χ1v) is 6.45. The van der Waals surface area contributed by atoms with Crippen LogP contribution in [0.25, 0.3) is 0 Å². The normalized spacial score (nSPS) is 26.9. The minimum atomic E-state index is 0.425. The molecule has 2 unspecified atom stereocenters. The van der Waals surface area contributed by atoms with Crippen LogP contribution in [0.3, 0.4) is 0 Å². The molecule has 0 spiro atoms. The van der Waals surface area contributed by atoms with Gasteiger partial charge in [0.25, 0.3) is 0 Å². The van der Waals surface area contributed by atoms with Gasteiger partial charge < -0.3 is 5.32 Å². The summed E-state index contributed by atoms with van der Waals surface area (Å²) in [6.07, 6.45) is 9.21. The third kappa shape index (κ3) is 2.82. The zero-order valence-corrected chi connectivity index (χ0v) is 10.3. The highest BCUT2D eigenvalue weighted by Gasteiger charge is 2.24. The van der Waals surface area contributed by atoms with Crippen LogP contribution in [0.5, 0.6) is 0 Å². The predicted molar refractivity (Wildman–Crippen MR) is 67.2 cm³/mol. The molecule has 1 heterocycles. The molecule has 1 N–H and O–H groups in total. The maximum absolute atomic E-state index is 4.17. The van der Waals surface area contributed by atoms with E-state index in [1.54, 1.807) is 0 Å². The van der Waals surface area contributed by atoms with Crippen molar-refractivity contribution >= 4 is 0 Å². The van der Waals surface area contributed by atoms with Crippen LogP contribution in [0.15, 0.2) is 24.5 Å². The van der Waals surface area contributed by atoms with Crippen LogP contribution in [0.1, 0.15) is 51.1 Å². The molecule has 2 nitrogen and oxygen atoms in total. The van der Waals surface area contributed by atoms with Crippen LogP contribution >= 0.6 is 0 Å². The molecule has 2 heteroatoms. The van der Waals surface area contributed by atoms with Crippen LogP contribution < -0.4 is 5.32 Å². The largest absolute Gasteiger partial charge is 0.307 e. The first-order valence-electron chi connectivity index (χ1n) is 6.45. The third-order valence-electron chi connectivity index (χ3n) is 3.79. The van der Waals surface area contributed by atoms with Crippen LogP contribution in [-0.2, 0) is 0 Å². The van der Waals surface area contributed by atoms with Crippen molar-refractivity contribution in [1.29, 1.82) is 0 Å². The minimum Gasteiger partial charge on any atom is -0.307 e. The van der Waals surface area contributed by atoms with E-state index < -0.39 is 0 Å². The van der Waals surface area contributed by atoms with Gasteiger partial charge in [-0.3, -0.25) is 4.98 Å². The molecule has 1 saturated carbocycles. The van der Waals surface area contributed by atoms with Crippen molar-refractivity contribution in [2.45, 2.75) is 51.6 Å². The summed E-state index contributed by atoms with van der Waals surface area (Å²) in [7, 11) is 0. The first kappa shape index (κ1) is 11.6. The van der Waals surface area contributed by atoms with Crippen LogP contribution in [-0.4, -0.2) is 11.0 Å². The van der Waals surface area contributed by atoms with E-state index in [9.17, 15) is 0 Å². The van der Waals surface area contributed by atoms with Crippen molar-refractivity contribution < 1.29 is 0 Å². The van der Waals surface area contributed by atoms with Crippen molar-refractivity contribution in [2.75, 3.05) is 0 Å². The first-order chi connectivity index (χ1) is 7.79. The zero-order chi connectivity index (χ0) is 11.4. The smallest absolute Gasteiger partial charge is 0.0315 e. The second kappa shape index (κ2) is 5.44. The van der Waals surface area contributed by atoms with Gasteiger partial charge in [-0.15, -0.1) is 0 Å². The highest BCUT2D eigenvalue weighted by Crippen LogP contribution is 2.29. The summed E-state index contributed by atoms with van der Waals surface area (Å²) in [5.41, 5.74) is 1.29. The molecule has 0 amide bonds. The molecule has 1 aliphatic carbocycles. The van der Waals surface area contributed by atoms with E-state index in [2.05, 4.69) is 30.2 Å². The van der Waals surface area contributed by atoms with Gasteiger partial charge in [-0.1, -0.05) is 19.4 Å². The van der Waals surface area contributed by atoms with Crippen molar-refractivity contribution in [2.24, 2.45) is 5.92 Å². The Bertz CT molecular complexity index is 310. The summed E-state index contributed by atoms with van der Waals surface area (Å²) in [5, 5.41) is 3.72. The van der Waals surface area contributed by atoms with Gasteiger partial charge in [-0.05, 0) is 43.7 Å². The van der Waals surface area contributed by atoms with Gasteiger partial charge in [0.05, 0.1) is 0 Å². The molecule has 88 valence electrons. The number of rotatable bonds is 4. The molecular formula is C14H22N2. The van der Waals surface area contributed by atoms with Gasteiger partial charge in [0.2, 0.25) is 0 Å². The number of nitrogens with zero attached hydrogens (tertiary/aromatic N) is 1. The predicted octanol–water partition coefficient (Wildman–Crippen LogP) is 3.31. The fourth-order valence-electron chi connectivity index (χ4n) is 2.68. The monoisotopic (exact) mass is 218 g/mol. The molecule has 0 aromatic carbocycles. The fourth-order valence-corrected chi connectivity index (χ4v) is 2.68. The quantitative estimate of drug-likeness (QED) is 0.838. The average Bonchev–Trinajstić information content (AvgIpc) is 2.78. The molecule has 2 rings (SSSR count). The highest BCUT2D eigenvalue weighted by atomic mass is 15.0. The van der Waals surface area contributed by atoms with E-state index in [-0.39, 0.29) is 0 Å². The topological polar surface area (TPSA) is 24.9 Å². The Morgan fingerprint density at radius 3 is 3.00 bits per heavy atom.